The van der Waals surface area contributed by atoms with Crippen molar-refractivity contribution in [2.24, 2.45) is 11.0 Å². The largest absolute Gasteiger partial charge is 0.550 e. The molecule has 27 heavy (non-hydrogen) atoms. The van der Waals surface area contributed by atoms with Crippen LogP contribution < -0.4 is 10.5 Å². The lowest BCUT2D eigenvalue weighted by Gasteiger charge is -2.16. The molecular weight excluding hydrogens is 364 g/mol. The molecule has 0 aliphatic heterocycles. The second-order valence-corrected chi connectivity index (χ2v) is 8.24. The van der Waals surface area contributed by atoms with Crippen LogP contribution >= 0.6 is 11.3 Å². The van der Waals surface area contributed by atoms with Crippen LogP contribution in [0, 0.1) is 12.8 Å². The zero-order valence-electron chi connectivity index (χ0n) is 15.8. The first-order chi connectivity index (χ1) is 12.8. The van der Waals surface area contributed by atoms with E-state index in [1.165, 1.54) is 16.9 Å². The van der Waals surface area contributed by atoms with Crippen LogP contribution in [0.3, 0.4) is 0 Å². The molecule has 2 heterocycles. The molecule has 3 rings (SSSR count). The Balaban J connectivity index is 1.67. The zero-order chi connectivity index (χ0) is 19.6. The van der Waals surface area contributed by atoms with Gasteiger partial charge in [0.15, 0.2) is 0 Å². The molecule has 1 atom stereocenters. The first-order valence-electron chi connectivity index (χ1n) is 9.09. The van der Waals surface area contributed by atoms with E-state index in [1.54, 1.807) is 31.3 Å². The molecule has 7 heteroatoms. The molecule has 1 N–H and O–H groups in total. The third-order valence-corrected chi connectivity index (χ3v) is 6.05. The number of thiophene rings is 1. The molecule has 2 aromatic heterocycles. The standard InChI is InChI=1S/C20H24N2O4S/c1-11-4-6-17-14(8-11)9-18(27-17)20(25)22-21-12(2)16-10-15(26-13(16)3)5-7-19(23)24/h9-11H,4-8H2,1-3H3,(H,22,25)(H,23,24)/p-1/b21-12-/t11-/m0/s1. The summed E-state index contributed by atoms with van der Waals surface area (Å²) in [5.41, 5.74) is 5.27. The zero-order valence-corrected chi connectivity index (χ0v) is 16.6. The van der Waals surface area contributed by atoms with Crippen molar-refractivity contribution in [2.75, 3.05) is 0 Å². The fourth-order valence-corrected chi connectivity index (χ4v) is 4.42. The van der Waals surface area contributed by atoms with Gasteiger partial charge in [0.2, 0.25) is 0 Å². The van der Waals surface area contributed by atoms with E-state index < -0.39 is 5.97 Å². The van der Waals surface area contributed by atoms with Crippen molar-refractivity contribution >= 4 is 28.9 Å². The molecule has 2 aromatic rings. The second-order valence-electron chi connectivity index (χ2n) is 7.10. The number of hydrogen-bond acceptors (Lipinski definition) is 6. The Labute approximate surface area is 162 Å². The number of rotatable bonds is 6. The van der Waals surface area contributed by atoms with Gasteiger partial charge in [-0.3, -0.25) is 4.79 Å². The number of carbonyl (C=O) groups is 2. The van der Waals surface area contributed by atoms with Crippen molar-refractivity contribution in [1.29, 1.82) is 0 Å². The molecule has 0 saturated heterocycles. The van der Waals surface area contributed by atoms with Crippen molar-refractivity contribution in [3.63, 3.8) is 0 Å². The van der Waals surface area contributed by atoms with E-state index in [0.717, 1.165) is 18.4 Å². The molecule has 0 aromatic carbocycles. The van der Waals surface area contributed by atoms with Crippen LogP contribution in [0.1, 0.15) is 63.9 Å². The number of aliphatic carboxylic acids is 1. The number of carboxylic acids is 1. The average molecular weight is 387 g/mol. The van der Waals surface area contributed by atoms with Crippen LogP contribution in [0.4, 0.5) is 0 Å². The number of carbonyl (C=O) groups excluding carboxylic acids is 2. The highest BCUT2D eigenvalue weighted by molar-refractivity contribution is 7.14. The Kier molecular flexibility index (Phi) is 5.79. The van der Waals surface area contributed by atoms with Gasteiger partial charge < -0.3 is 14.3 Å². The van der Waals surface area contributed by atoms with Crippen LogP contribution in [0.15, 0.2) is 21.7 Å². The summed E-state index contributed by atoms with van der Waals surface area (Å²) in [5, 5.41) is 14.8. The minimum atomic E-state index is -1.11. The average Bonchev–Trinajstić information content (AvgIpc) is 3.20. The van der Waals surface area contributed by atoms with Gasteiger partial charge in [0.1, 0.15) is 11.5 Å². The van der Waals surface area contributed by atoms with Gasteiger partial charge in [-0.2, -0.15) is 5.10 Å². The normalized spacial score (nSPS) is 16.9. The van der Waals surface area contributed by atoms with Gasteiger partial charge >= 0.3 is 0 Å². The highest BCUT2D eigenvalue weighted by Gasteiger charge is 2.20. The Morgan fingerprint density at radius 2 is 2.19 bits per heavy atom. The van der Waals surface area contributed by atoms with Crippen LogP contribution in [0.2, 0.25) is 0 Å². The van der Waals surface area contributed by atoms with E-state index >= 15 is 0 Å². The maximum absolute atomic E-state index is 12.4. The van der Waals surface area contributed by atoms with Crippen LogP contribution in [-0.2, 0) is 24.1 Å². The van der Waals surface area contributed by atoms with Crippen molar-refractivity contribution in [3.05, 3.63) is 44.5 Å². The Morgan fingerprint density at radius 3 is 2.93 bits per heavy atom. The molecular formula is C20H23N2O4S-. The topological polar surface area (TPSA) is 94.7 Å². The minimum Gasteiger partial charge on any atom is -0.550 e. The first kappa shape index (κ1) is 19.4. The summed E-state index contributed by atoms with van der Waals surface area (Å²) in [7, 11) is 0. The number of hydrazone groups is 1. The summed E-state index contributed by atoms with van der Waals surface area (Å²) >= 11 is 1.55. The van der Waals surface area contributed by atoms with Gasteiger partial charge in [0.25, 0.3) is 5.91 Å². The molecule has 1 aliphatic rings. The Morgan fingerprint density at radius 1 is 1.41 bits per heavy atom. The molecule has 144 valence electrons. The van der Waals surface area contributed by atoms with Gasteiger partial charge in [-0.15, -0.1) is 11.3 Å². The van der Waals surface area contributed by atoms with Gasteiger partial charge in [0, 0.05) is 22.8 Å². The van der Waals surface area contributed by atoms with Crippen molar-refractivity contribution < 1.29 is 19.1 Å². The van der Waals surface area contributed by atoms with Gasteiger partial charge in [-0.25, -0.2) is 5.43 Å². The summed E-state index contributed by atoms with van der Waals surface area (Å²) < 4.78 is 5.56. The maximum atomic E-state index is 12.4. The smallest absolute Gasteiger partial charge is 0.281 e. The molecule has 0 fully saturated rings. The number of hydrogen-bond donors (Lipinski definition) is 1. The number of nitrogens with zero attached hydrogens (tertiary/aromatic N) is 1. The second kappa shape index (κ2) is 8.08. The van der Waals surface area contributed by atoms with Crippen molar-refractivity contribution in [3.8, 4) is 0 Å². The van der Waals surface area contributed by atoms with Crippen LogP contribution in [0.5, 0.6) is 0 Å². The summed E-state index contributed by atoms with van der Waals surface area (Å²) in [6.07, 6.45) is 3.42. The van der Waals surface area contributed by atoms with Crippen LogP contribution in [0.25, 0.3) is 0 Å². The fourth-order valence-electron chi connectivity index (χ4n) is 3.32. The number of carboxylic acid groups (broad SMARTS) is 1. The quantitative estimate of drug-likeness (QED) is 0.609. The molecule has 0 spiro atoms. The summed E-state index contributed by atoms with van der Waals surface area (Å²) in [6.45, 7) is 5.80. The monoisotopic (exact) mass is 387 g/mol. The van der Waals surface area contributed by atoms with E-state index in [1.807, 2.05) is 6.07 Å². The molecule has 1 amide bonds. The fraction of sp³-hybridized carbons (Fsp3) is 0.450. The molecule has 1 aliphatic carbocycles. The highest BCUT2D eigenvalue weighted by Crippen LogP contribution is 2.32. The van der Waals surface area contributed by atoms with E-state index in [0.29, 0.717) is 28.0 Å². The third-order valence-electron chi connectivity index (χ3n) is 4.81. The lowest BCUT2D eigenvalue weighted by molar-refractivity contribution is -0.305. The number of furan rings is 1. The summed E-state index contributed by atoms with van der Waals surface area (Å²) in [6, 6.07) is 3.74. The molecule has 0 unspecified atom stereocenters. The number of fused-ring (bicyclic) bond motifs is 1. The Hall–Kier alpha value is -2.41. The van der Waals surface area contributed by atoms with Gasteiger partial charge in [-0.05, 0) is 63.1 Å². The van der Waals surface area contributed by atoms with Crippen molar-refractivity contribution in [2.45, 2.75) is 52.9 Å². The number of nitrogens with one attached hydrogen (secondary N) is 1. The SMILES string of the molecule is C/C(=N/NC(=O)c1cc2c(s1)CC[C@H](C)C2)c1cc(CCC(=O)[O-])oc1C. The van der Waals surface area contributed by atoms with Gasteiger partial charge in [0.05, 0.1) is 10.6 Å². The highest BCUT2D eigenvalue weighted by atomic mass is 32.1. The third kappa shape index (κ3) is 4.66. The van der Waals surface area contributed by atoms with Crippen LogP contribution in [-0.4, -0.2) is 17.6 Å². The lowest BCUT2D eigenvalue weighted by atomic mass is 9.90. The van der Waals surface area contributed by atoms with E-state index in [9.17, 15) is 14.7 Å². The molecule has 6 nitrogen and oxygen atoms in total. The molecule has 0 bridgehead atoms. The molecule has 0 saturated carbocycles. The maximum Gasteiger partial charge on any atom is 0.281 e. The van der Waals surface area contributed by atoms with Gasteiger partial charge in [-0.1, -0.05) is 6.92 Å². The first-order valence-corrected chi connectivity index (χ1v) is 9.91. The minimum absolute atomic E-state index is 0.0962. The summed E-state index contributed by atoms with van der Waals surface area (Å²) in [5.74, 6) is 0.543. The van der Waals surface area contributed by atoms with E-state index in [-0.39, 0.29) is 18.7 Å². The van der Waals surface area contributed by atoms with Crippen molar-refractivity contribution in [1.82, 2.24) is 5.43 Å². The predicted octanol–water partition coefficient (Wildman–Crippen LogP) is 2.61. The Bertz CT molecular complexity index is 894. The van der Waals surface area contributed by atoms with E-state index in [2.05, 4.69) is 17.5 Å². The molecule has 0 radical (unpaired) electrons. The predicted molar refractivity (Wildman–Crippen MR) is 102 cm³/mol. The lowest BCUT2D eigenvalue weighted by Crippen LogP contribution is -2.22. The number of aryl methyl sites for hydroxylation is 3. The summed E-state index contributed by atoms with van der Waals surface area (Å²) in [4.78, 5) is 25.0. The number of amides is 1. The van der Waals surface area contributed by atoms with E-state index in [4.69, 9.17) is 4.42 Å².